The molecule has 0 saturated carbocycles. The van der Waals surface area contributed by atoms with Crippen LogP contribution < -0.4 is 19.7 Å². The Kier molecular flexibility index (Phi) is 7.34. The van der Waals surface area contributed by atoms with E-state index in [4.69, 9.17) is 21.1 Å². The molecule has 0 aliphatic carbocycles. The van der Waals surface area contributed by atoms with Crippen molar-refractivity contribution in [2.24, 2.45) is 0 Å². The second-order valence-corrected chi connectivity index (χ2v) is 9.37. The number of hydrogen-bond acceptors (Lipinski definition) is 5. The number of benzene rings is 4. The summed E-state index contributed by atoms with van der Waals surface area (Å²) in [6, 6.07) is 22.8. The molecule has 1 aliphatic heterocycles. The van der Waals surface area contributed by atoms with Gasteiger partial charge in [0.2, 0.25) is 0 Å². The SMILES string of the molecule is CCOc1ccc(N2C(=O)NC(=O)/C(=C\c3cc(Cl)ccc3OCc3c(C)ccc4ccccc34)C2=O)cc1. The Balaban J connectivity index is 1.47. The molecule has 8 heteroatoms. The average molecular weight is 541 g/mol. The maximum Gasteiger partial charge on any atom is 0.335 e. The number of carbonyl (C=O) groups is 3. The fraction of sp³-hybridized carbons (Fsp3) is 0.129. The minimum atomic E-state index is -0.833. The first-order valence-electron chi connectivity index (χ1n) is 12.4. The minimum absolute atomic E-state index is 0.225. The van der Waals surface area contributed by atoms with Crippen molar-refractivity contribution in [2.75, 3.05) is 11.5 Å². The van der Waals surface area contributed by atoms with Gasteiger partial charge < -0.3 is 9.47 Å². The smallest absolute Gasteiger partial charge is 0.335 e. The van der Waals surface area contributed by atoms with Gasteiger partial charge in [0.15, 0.2) is 0 Å². The molecule has 4 amide bonds. The number of amides is 4. The number of barbiturate groups is 1. The summed E-state index contributed by atoms with van der Waals surface area (Å²) in [5.74, 6) is -0.531. The van der Waals surface area contributed by atoms with Gasteiger partial charge in [-0.05, 0) is 78.7 Å². The summed E-state index contributed by atoms with van der Waals surface area (Å²) < 4.78 is 11.6. The minimum Gasteiger partial charge on any atom is -0.494 e. The molecule has 4 aromatic carbocycles. The lowest BCUT2D eigenvalue weighted by Gasteiger charge is -2.26. The molecule has 0 atom stereocenters. The zero-order valence-corrected chi connectivity index (χ0v) is 22.1. The number of rotatable bonds is 7. The number of halogens is 1. The number of urea groups is 1. The quantitative estimate of drug-likeness (QED) is 0.215. The number of carbonyl (C=O) groups excluding carboxylic acids is 3. The van der Waals surface area contributed by atoms with Crippen molar-refractivity contribution >= 4 is 52.0 Å². The lowest BCUT2D eigenvalue weighted by molar-refractivity contribution is -0.122. The number of nitrogens with zero attached hydrogens (tertiary/aromatic N) is 1. The van der Waals surface area contributed by atoms with Crippen LogP contribution >= 0.6 is 11.6 Å². The number of fused-ring (bicyclic) bond motifs is 1. The van der Waals surface area contributed by atoms with E-state index in [-0.39, 0.29) is 12.2 Å². The highest BCUT2D eigenvalue weighted by Crippen LogP contribution is 2.30. The zero-order valence-electron chi connectivity index (χ0n) is 21.4. The summed E-state index contributed by atoms with van der Waals surface area (Å²) >= 11 is 6.27. The normalized spacial score (nSPS) is 14.6. The monoisotopic (exact) mass is 540 g/mol. The third kappa shape index (κ3) is 5.35. The molecule has 0 bridgehead atoms. The van der Waals surface area contributed by atoms with Gasteiger partial charge in [0, 0.05) is 16.1 Å². The molecule has 0 radical (unpaired) electrons. The van der Waals surface area contributed by atoms with Crippen molar-refractivity contribution in [2.45, 2.75) is 20.5 Å². The predicted molar refractivity (Wildman–Crippen MR) is 151 cm³/mol. The van der Waals surface area contributed by atoms with Crippen molar-refractivity contribution in [3.63, 3.8) is 0 Å². The van der Waals surface area contributed by atoms with Gasteiger partial charge in [-0.3, -0.25) is 14.9 Å². The highest BCUT2D eigenvalue weighted by molar-refractivity contribution is 6.39. The van der Waals surface area contributed by atoms with E-state index < -0.39 is 17.8 Å². The summed E-state index contributed by atoms with van der Waals surface area (Å²) in [5, 5.41) is 4.83. The van der Waals surface area contributed by atoms with Crippen molar-refractivity contribution in [1.29, 1.82) is 0 Å². The van der Waals surface area contributed by atoms with Gasteiger partial charge in [-0.25, -0.2) is 9.69 Å². The molecule has 4 aromatic rings. The van der Waals surface area contributed by atoms with Crippen LogP contribution in [0, 0.1) is 6.92 Å². The molecule has 196 valence electrons. The molecule has 39 heavy (non-hydrogen) atoms. The Morgan fingerprint density at radius 3 is 2.46 bits per heavy atom. The Hall–Kier alpha value is -4.62. The lowest BCUT2D eigenvalue weighted by atomic mass is 10.0. The van der Waals surface area contributed by atoms with Crippen LogP contribution in [0.5, 0.6) is 11.5 Å². The second kappa shape index (κ2) is 11.0. The number of ether oxygens (including phenoxy) is 2. The average Bonchev–Trinajstić information content (AvgIpc) is 2.92. The zero-order chi connectivity index (χ0) is 27.5. The second-order valence-electron chi connectivity index (χ2n) is 8.94. The van der Waals surface area contributed by atoms with Gasteiger partial charge in [-0.15, -0.1) is 0 Å². The standard InChI is InChI=1S/C31H25ClN2O5/c1-3-38-24-13-11-23(12-14-24)34-30(36)26(29(35)33-31(34)37)17-21-16-22(32)10-15-28(21)39-18-27-19(2)8-9-20-6-4-5-7-25(20)27/h4-17H,3,18H2,1-2H3,(H,33,35,37)/b26-17+. The van der Waals surface area contributed by atoms with Crippen molar-refractivity contribution in [3.8, 4) is 11.5 Å². The van der Waals surface area contributed by atoms with E-state index in [1.54, 1.807) is 42.5 Å². The van der Waals surface area contributed by atoms with Gasteiger partial charge in [-0.1, -0.05) is 48.0 Å². The molecule has 1 saturated heterocycles. The fourth-order valence-electron chi connectivity index (χ4n) is 4.46. The van der Waals surface area contributed by atoms with E-state index in [1.807, 2.05) is 44.2 Å². The van der Waals surface area contributed by atoms with Crippen LogP contribution in [0.2, 0.25) is 5.02 Å². The molecule has 0 unspecified atom stereocenters. The van der Waals surface area contributed by atoms with Gasteiger partial charge in [0.25, 0.3) is 11.8 Å². The molecule has 1 aliphatic rings. The predicted octanol–water partition coefficient (Wildman–Crippen LogP) is 6.45. The van der Waals surface area contributed by atoms with Crippen LogP contribution in [0.15, 0.2) is 84.4 Å². The molecule has 1 N–H and O–H groups in total. The summed E-state index contributed by atoms with van der Waals surface area (Å²) in [6.45, 7) is 4.62. The van der Waals surface area contributed by atoms with Crippen LogP contribution in [0.3, 0.4) is 0 Å². The molecule has 0 aromatic heterocycles. The van der Waals surface area contributed by atoms with E-state index in [0.29, 0.717) is 34.4 Å². The first-order chi connectivity index (χ1) is 18.9. The topological polar surface area (TPSA) is 84.9 Å². The summed E-state index contributed by atoms with van der Waals surface area (Å²) in [4.78, 5) is 39.7. The van der Waals surface area contributed by atoms with Gasteiger partial charge in [0.1, 0.15) is 23.7 Å². The van der Waals surface area contributed by atoms with Crippen LogP contribution in [0.4, 0.5) is 10.5 Å². The summed E-state index contributed by atoms with van der Waals surface area (Å²) in [6.07, 6.45) is 1.39. The lowest BCUT2D eigenvalue weighted by Crippen LogP contribution is -2.54. The van der Waals surface area contributed by atoms with Crippen molar-refractivity contribution in [1.82, 2.24) is 5.32 Å². The molecular weight excluding hydrogens is 516 g/mol. The third-order valence-electron chi connectivity index (χ3n) is 6.43. The van der Waals surface area contributed by atoms with E-state index in [9.17, 15) is 14.4 Å². The molecule has 5 rings (SSSR count). The van der Waals surface area contributed by atoms with Gasteiger partial charge in [-0.2, -0.15) is 0 Å². The van der Waals surface area contributed by atoms with Gasteiger partial charge >= 0.3 is 6.03 Å². The highest BCUT2D eigenvalue weighted by atomic mass is 35.5. The molecule has 7 nitrogen and oxygen atoms in total. The maximum atomic E-state index is 13.4. The van der Waals surface area contributed by atoms with Crippen LogP contribution in [-0.4, -0.2) is 24.5 Å². The highest BCUT2D eigenvalue weighted by Gasteiger charge is 2.37. The first-order valence-corrected chi connectivity index (χ1v) is 12.8. The maximum absolute atomic E-state index is 13.4. The number of hydrogen-bond donors (Lipinski definition) is 1. The Morgan fingerprint density at radius 2 is 1.69 bits per heavy atom. The van der Waals surface area contributed by atoms with Crippen LogP contribution in [0.1, 0.15) is 23.6 Å². The van der Waals surface area contributed by atoms with E-state index >= 15 is 0 Å². The van der Waals surface area contributed by atoms with Crippen LogP contribution in [-0.2, 0) is 16.2 Å². The molecular formula is C31H25ClN2O5. The number of anilines is 1. The summed E-state index contributed by atoms with van der Waals surface area (Å²) in [5.41, 5.74) is 2.61. The van der Waals surface area contributed by atoms with Gasteiger partial charge in [0.05, 0.1) is 12.3 Å². The van der Waals surface area contributed by atoms with E-state index in [2.05, 4.69) is 11.4 Å². The summed E-state index contributed by atoms with van der Waals surface area (Å²) in [7, 11) is 0. The molecule has 0 spiro atoms. The molecule has 1 fully saturated rings. The van der Waals surface area contributed by atoms with Crippen LogP contribution in [0.25, 0.3) is 16.8 Å². The first kappa shape index (κ1) is 26.0. The van der Waals surface area contributed by atoms with E-state index in [0.717, 1.165) is 26.8 Å². The third-order valence-corrected chi connectivity index (χ3v) is 6.66. The Labute approximate surface area is 230 Å². The number of aryl methyl sites for hydroxylation is 1. The van der Waals surface area contributed by atoms with Crippen molar-refractivity contribution in [3.05, 3.63) is 106 Å². The fourth-order valence-corrected chi connectivity index (χ4v) is 4.64. The van der Waals surface area contributed by atoms with E-state index in [1.165, 1.54) is 6.08 Å². The Bertz CT molecular complexity index is 1630. The van der Waals surface area contributed by atoms with Crippen molar-refractivity contribution < 1.29 is 23.9 Å². The number of imide groups is 2. The molecule has 1 heterocycles. The largest absolute Gasteiger partial charge is 0.494 e. The number of nitrogens with one attached hydrogen (secondary N) is 1. The Morgan fingerprint density at radius 1 is 0.923 bits per heavy atom.